The quantitative estimate of drug-likeness (QED) is 0.585. The zero-order valence-corrected chi connectivity index (χ0v) is 18.1. The number of nitrogens with one attached hydrogen (secondary N) is 2. The van der Waals surface area contributed by atoms with E-state index in [1.807, 2.05) is 30.3 Å². The summed E-state index contributed by atoms with van der Waals surface area (Å²) < 4.78 is 10.5. The third kappa shape index (κ3) is 7.65. The van der Waals surface area contributed by atoms with Crippen molar-refractivity contribution in [2.45, 2.75) is 45.4 Å². The molecule has 0 heterocycles. The van der Waals surface area contributed by atoms with E-state index in [2.05, 4.69) is 10.6 Å². The van der Waals surface area contributed by atoms with Crippen molar-refractivity contribution in [2.24, 2.45) is 0 Å². The van der Waals surface area contributed by atoms with Crippen LogP contribution in [0, 0.1) is 0 Å². The van der Waals surface area contributed by atoms with Crippen molar-refractivity contribution >= 4 is 18.0 Å². The van der Waals surface area contributed by atoms with Crippen LogP contribution in [0.5, 0.6) is 5.75 Å². The molecule has 2 aromatic carbocycles. The van der Waals surface area contributed by atoms with E-state index >= 15 is 0 Å². The van der Waals surface area contributed by atoms with Crippen molar-refractivity contribution in [3.63, 3.8) is 0 Å². The molecule has 0 bridgehead atoms. The molecule has 3 N–H and O–H groups in total. The number of hydrogen-bond donors (Lipinski definition) is 3. The average molecular weight is 428 g/mol. The normalized spacial score (nSPS) is 11.9. The van der Waals surface area contributed by atoms with E-state index in [0.29, 0.717) is 5.56 Å². The Morgan fingerprint density at radius 2 is 1.71 bits per heavy atom. The summed E-state index contributed by atoms with van der Waals surface area (Å²) in [7, 11) is 1.45. The maximum Gasteiger partial charge on any atom is 0.408 e. The second-order valence-corrected chi connectivity index (χ2v) is 7.93. The first kappa shape index (κ1) is 23.7. The van der Waals surface area contributed by atoms with Gasteiger partial charge in [-0.15, -0.1) is 0 Å². The molecule has 8 nitrogen and oxygen atoms in total. The van der Waals surface area contributed by atoms with Gasteiger partial charge in [-0.1, -0.05) is 36.4 Å². The lowest BCUT2D eigenvalue weighted by molar-refractivity contribution is -0.122. The van der Waals surface area contributed by atoms with Crippen LogP contribution in [0.15, 0.2) is 48.5 Å². The molecule has 0 fully saturated rings. The molecule has 0 aliphatic heterocycles. The van der Waals surface area contributed by atoms with Gasteiger partial charge in [0.1, 0.15) is 29.6 Å². The maximum absolute atomic E-state index is 12.5. The first-order valence-electron chi connectivity index (χ1n) is 9.83. The van der Waals surface area contributed by atoms with E-state index in [1.165, 1.54) is 19.2 Å². The molecule has 0 saturated carbocycles. The first-order valence-corrected chi connectivity index (χ1v) is 9.83. The van der Waals surface area contributed by atoms with E-state index < -0.39 is 29.6 Å². The van der Waals surface area contributed by atoms with Crippen molar-refractivity contribution in [3.05, 3.63) is 65.2 Å². The van der Waals surface area contributed by atoms with Crippen LogP contribution in [0.25, 0.3) is 0 Å². The first-order chi connectivity index (χ1) is 14.6. The van der Waals surface area contributed by atoms with E-state index in [-0.39, 0.29) is 24.3 Å². The number of hydrogen-bond acceptors (Lipinski definition) is 6. The van der Waals surface area contributed by atoms with E-state index in [1.54, 1.807) is 26.8 Å². The van der Waals surface area contributed by atoms with Crippen LogP contribution in [0.3, 0.4) is 0 Å². The van der Waals surface area contributed by atoms with Gasteiger partial charge in [0, 0.05) is 13.5 Å². The minimum Gasteiger partial charge on any atom is -0.507 e. The predicted molar refractivity (Wildman–Crippen MR) is 115 cm³/mol. The van der Waals surface area contributed by atoms with E-state index in [0.717, 1.165) is 5.56 Å². The molecule has 0 aliphatic rings. The van der Waals surface area contributed by atoms with Crippen molar-refractivity contribution in [3.8, 4) is 5.75 Å². The Labute approximate surface area is 181 Å². The SMILES string of the molecule is CNC(=O)[C@H](Cc1ccc(O)c(C(=O)OCc2ccccc2)c1)NC(=O)OC(C)(C)C. The lowest BCUT2D eigenvalue weighted by Crippen LogP contribution is -2.48. The monoisotopic (exact) mass is 428 g/mol. The number of phenols is 1. The Morgan fingerprint density at radius 1 is 1.03 bits per heavy atom. The highest BCUT2D eigenvalue weighted by Gasteiger charge is 2.25. The zero-order chi connectivity index (χ0) is 23.0. The number of carbonyl (C=O) groups excluding carboxylic acids is 3. The van der Waals surface area contributed by atoms with Crippen molar-refractivity contribution < 1.29 is 29.0 Å². The predicted octanol–water partition coefficient (Wildman–Crippen LogP) is 2.93. The summed E-state index contributed by atoms with van der Waals surface area (Å²) in [5.41, 5.74) is 0.620. The van der Waals surface area contributed by atoms with Gasteiger partial charge in [0.05, 0.1) is 0 Å². The summed E-state index contributed by atoms with van der Waals surface area (Å²) in [6.07, 6.45) is -0.652. The highest BCUT2D eigenvalue weighted by Crippen LogP contribution is 2.21. The molecule has 166 valence electrons. The van der Waals surface area contributed by atoms with Gasteiger partial charge >= 0.3 is 12.1 Å². The Morgan fingerprint density at radius 3 is 2.32 bits per heavy atom. The van der Waals surface area contributed by atoms with Crippen molar-refractivity contribution in [2.75, 3.05) is 7.05 Å². The number of amides is 2. The number of carbonyl (C=O) groups is 3. The van der Waals surface area contributed by atoms with Gasteiger partial charge in [-0.3, -0.25) is 4.79 Å². The summed E-state index contributed by atoms with van der Waals surface area (Å²) in [6.45, 7) is 5.21. The molecule has 2 rings (SSSR count). The van der Waals surface area contributed by atoms with Crippen LogP contribution < -0.4 is 10.6 Å². The molecule has 0 saturated heterocycles. The highest BCUT2D eigenvalue weighted by molar-refractivity contribution is 5.92. The zero-order valence-electron chi connectivity index (χ0n) is 18.1. The molecule has 0 aliphatic carbocycles. The summed E-state index contributed by atoms with van der Waals surface area (Å²) >= 11 is 0. The smallest absolute Gasteiger partial charge is 0.408 e. The molecular formula is C23H28N2O6. The van der Waals surface area contributed by atoms with Gasteiger partial charge < -0.3 is 25.2 Å². The molecule has 0 unspecified atom stereocenters. The van der Waals surface area contributed by atoms with Crippen LogP contribution >= 0.6 is 0 Å². The number of aromatic hydroxyl groups is 1. The minimum absolute atomic E-state index is 0.0265. The van der Waals surface area contributed by atoms with Crippen LogP contribution in [0.1, 0.15) is 42.3 Å². The second kappa shape index (κ2) is 10.5. The lowest BCUT2D eigenvalue weighted by atomic mass is 10.0. The highest BCUT2D eigenvalue weighted by atomic mass is 16.6. The molecule has 0 radical (unpaired) electrons. The third-order valence-corrected chi connectivity index (χ3v) is 4.19. The molecular weight excluding hydrogens is 400 g/mol. The van der Waals surface area contributed by atoms with Gasteiger partial charge in [0.15, 0.2) is 0 Å². The van der Waals surface area contributed by atoms with Crippen molar-refractivity contribution in [1.29, 1.82) is 0 Å². The number of likely N-dealkylation sites (N-methyl/N-ethyl adjacent to an activating group) is 1. The molecule has 2 aromatic rings. The fourth-order valence-corrected chi connectivity index (χ4v) is 2.74. The number of esters is 1. The number of alkyl carbamates (subject to hydrolysis) is 1. The summed E-state index contributed by atoms with van der Waals surface area (Å²) in [5.74, 6) is -1.36. The number of phenolic OH excluding ortho intramolecular Hbond substituents is 1. The topological polar surface area (TPSA) is 114 Å². The Hall–Kier alpha value is -3.55. The average Bonchev–Trinajstić information content (AvgIpc) is 2.71. The van der Waals surface area contributed by atoms with Crippen LogP contribution in [0.2, 0.25) is 0 Å². The van der Waals surface area contributed by atoms with Crippen molar-refractivity contribution in [1.82, 2.24) is 10.6 Å². The fourth-order valence-electron chi connectivity index (χ4n) is 2.74. The van der Waals surface area contributed by atoms with Gasteiger partial charge in [-0.05, 0) is 44.0 Å². The Bertz CT molecular complexity index is 921. The summed E-state index contributed by atoms with van der Waals surface area (Å²) in [6, 6.07) is 12.6. The number of rotatable bonds is 7. The maximum atomic E-state index is 12.5. The lowest BCUT2D eigenvalue weighted by Gasteiger charge is -2.23. The largest absolute Gasteiger partial charge is 0.507 e. The second-order valence-electron chi connectivity index (χ2n) is 7.93. The van der Waals surface area contributed by atoms with Gasteiger partial charge in [0.25, 0.3) is 0 Å². The molecule has 0 spiro atoms. The van der Waals surface area contributed by atoms with E-state index in [9.17, 15) is 19.5 Å². The molecule has 2 amide bonds. The van der Waals surface area contributed by atoms with Crippen LogP contribution in [-0.2, 0) is 27.3 Å². The Balaban J connectivity index is 2.12. The van der Waals surface area contributed by atoms with Crippen LogP contribution in [0.4, 0.5) is 4.79 Å². The van der Waals surface area contributed by atoms with E-state index in [4.69, 9.17) is 9.47 Å². The summed E-state index contributed by atoms with van der Waals surface area (Å²) in [4.78, 5) is 36.8. The number of benzene rings is 2. The van der Waals surface area contributed by atoms with Crippen LogP contribution in [-0.4, -0.2) is 41.8 Å². The molecule has 0 aromatic heterocycles. The third-order valence-electron chi connectivity index (χ3n) is 4.19. The summed E-state index contributed by atoms with van der Waals surface area (Å²) in [5, 5.41) is 15.1. The van der Waals surface area contributed by atoms with Gasteiger partial charge in [-0.25, -0.2) is 9.59 Å². The van der Waals surface area contributed by atoms with Gasteiger partial charge in [-0.2, -0.15) is 0 Å². The molecule has 1 atom stereocenters. The standard InChI is InChI=1S/C23H28N2O6/c1-23(2,3)31-22(29)25-18(20(27)24-4)13-16-10-11-19(26)17(12-16)21(28)30-14-15-8-6-5-7-9-15/h5-12,18,26H,13-14H2,1-4H3,(H,24,27)(H,25,29)/t18-/m0/s1. The molecule has 8 heteroatoms. The minimum atomic E-state index is -0.933. The number of ether oxygens (including phenoxy) is 2. The fraction of sp³-hybridized carbons (Fsp3) is 0.348. The molecule has 31 heavy (non-hydrogen) atoms. The van der Waals surface area contributed by atoms with Gasteiger partial charge in [0.2, 0.25) is 5.91 Å². The Kier molecular flexibility index (Phi) is 8.01.